The van der Waals surface area contributed by atoms with Gasteiger partial charge in [-0.25, -0.2) is 0 Å². The molecular formula is C18H44Mn2N6O. The van der Waals surface area contributed by atoms with Gasteiger partial charge in [0.1, 0.15) is 0 Å². The molecular weight excluding hydrogens is 426 g/mol. The molecule has 2 aliphatic rings. The maximum Gasteiger partial charge on any atom is 0.0107 e. The van der Waals surface area contributed by atoms with Crippen LogP contribution in [0.5, 0.6) is 0 Å². The normalized spacial score (nSPS) is 23.3. The van der Waals surface area contributed by atoms with Gasteiger partial charge in [0, 0.05) is 113 Å². The van der Waals surface area contributed by atoms with Crippen molar-refractivity contribution in [1.29, 1.82) is 0 Å². The third-order valence-corrected chi connectivity index (χ3v) is 5.18. The molecule has 27 heavy (non-hydrogen) atoms. The van der Waals surface area contributed by atoms with Crippen molar-refractivity contribution in [1.82, 2.24) is 29.4 Å². The number of likely N-dealkylation sites (N-methyl/N-ethyl adjacent to an activating group) is 6. The van der Waals surface area contributed by atoms with E-state index in [1.807, 2.05) is 0 Å². The summed E-state index contributed by atoms with van der Waals surface area (Å²) in [5.41, 5.74) is 0. The molecule has 0 saturated carbocycles. The summed E-state index contributed by atoms with van der Waals surface area (Å²) in [6, 6.07) is 0. The number of nitrogens with zero attached hydrogens (tertiary/aromatic N) is 6. The molecule has 0 amide bonds. The predicted molar refractivity (Wildman–Crippen MR) is 109 cm³/mol. The molecule has 166 valence electrons. The summed E-state index contributed by atoms with van der Waals surface area (Å²) in [6.45, 7) is 14.4. The van der Waals surface area contributed by atoms with Crippen LogP contribution in [-0.2, 0) is 34.1 Å². The molecule has 2 aliphatic heterocycles. The Labute approximate surface area is 189 Å². The standard InChI is InChI=1S/2C9H21N3.2Mn.H2O/c2*1-10-4-6-11(2)8-9-12(3)7-5-10;;;/h2*4-9H2,1-3H3;;;1H2. The predicted octanol–water partition coefficient (Wildman–Crippen LogP) is -1.24. The van der Waals surface area contributed by atoms with Crippen molar-refractivity contribution in [2.24, 2.45) is 0 Å². The first-order chi connectivity index (χ1) is 11.4. The molecule has 2 fully saturated rings. The molecule has 7 nitrogen and oxygen atoms in total. The third-order valence-electron chi connectivity index (χ3n) is 5.18. The summed E-state index contributed by atoms with van der Waals surface area (Å²) in [5, 5.41) is 0. The van der Waals surface area contributed by atoms with Gasteiger partial charge in [0.2, 0.25) is 0 Å². The summed E-state index contributed by atoms with van der Waals surface area (Å²) in [4.78, 5) is 14.4. The Morgan fingerprint density at radius 1 is 0.296 bits per heavy atom. The van der Waals surface area contributed by atoms with Gasteiger partial charge >= 0.3 is 0 Å². The van der Waals surface area contributed by atoms with Gasteiger partial charge in [-0.3, -0.25) is 0 Å². The van der Waals surface area contributed by atoms with Gasteiger partial charge in [-0.1, -0.05) is 0 Å². The zero-order valence-corrected chi connectivity index (χ0v) is 20.8. The van der Waals surface area contributed by atoms with E-state index in [1.54, 1.807) is 0 Å². The zero-order chi connectivity index (χ0) is 17.9. The minimum atomic E-state index is 0. The van der Waals surface area contributed by atoms with E-state index in [1.165, 1.54) is 78.5 Å². The van der Waals surface area contributed by atoms with Gasteiger partial charge in [0.05, 0.1) is 0 Å². The maximum atomic E-state index is 2.40. The van der Waals surface area contributed by atoms with Crippen LogP contribution in [0.3, 0.4) is 0 Å². The molecule has 0 aromatic carbocycles. The average molecular weight is 470 g/mol. The fraction of sp³-hybridized carbons (Fsp3) is 1.00. The Balaban J connectivity index is -0.000000384. The number of hydrogen-bond donors (Lipinski definition) is 0. The van der Waals surface area contributed by atoms with Crippen LogP contribution in [0, 0.1) is 0 Å². The molecule has 0 aromatic rings. The topological polar surface area (TPSA) is 50.9 Å². The summed E-state index contributed by atoms with van der Waals surface area (Å²) in [5.74, 6) is 0. The van der Waals surface area contributed by atoms with Crippen molar-refractivity contribution >= 4 is 0 Å². The van der Waals surface area contributed by atoms with Crippen molar-refractivity contribution in [3.05, 3.63) is 0 Å². The Bertz CT molecular complexity index is 229. The van der Waals surface area contributed by atoms with E-state index in [-0.39, 0.29) is 39.6 Å². The SMILES string of the molecule is CN1CCN(C)CCN(C)CC1.CN1CCN(C)CCN(C)CC1.O.[Mn].[Mn]. The third kappa shape index (κ3) is 17.3. The molecule has 0 aliphatic carbocycles. The van der Waals surface area contributed by atoms with Gasteiger partial charge in [0.15, 0.2) is 0 Å². The Hall–Kier alpha value is 0.759. The minimum Gasteiger partial charge on any atom is -0.412 e. The summed E-state index contributed by atoms with van der Waals surface area (Å²) in [7, 11) is 13.2. The summed E-state index contributed by atoms with van der Waals surface area (Å²) in [6.07, 6.45) is 0. The Morgan fingerprint density at radius 3 is 0.444 bits per heavy atom. The van der Waals surface area contributed by atoms with Gasteiger partial charge in [0.25, 0.3) is 0 Å². The largest absolute Gasteiger partial charge is 0.412 e. The minimum absolute atomic E-state index is 0. The molecule has 2 heterocycles. The quantitative estimate of drug-likeness (QED) is 0.413. The van der Waals surface area contributed by atoms with Crippen molar-refractivity contribution in [3.63, 3.8) is 0 Å². The van der Waals surface area contributed by atoms with Crippen molar-refractivity contribution in [3.8, 4) is 0 Å². The van der Waals surface area contributed by atoms with E-state index in [2.05, 4.69) is 71.7 Å². The molecule has 0 spiro atoms. The molecule has 0 unspecified atom stereocenters. The second-order valence-electron chi connectivity index (χ2n) is 7.82. The van der Waals surface area contributed by atoms with Crippen LogP contribution in [0.25, 0.3) is 0 Å². The first-order valence-corrected chi connectivity index (χ1v) is 9.48. The first-order valence-electron chi connectivity index (χ1n) is 9.48. The molecule has 2 radical (unpaired) electrons. The molecule has 2 N–H and O–H groups in total. The van der Waals surface area contributed by atoms with Crippen LogP contribution in [0.15, 0.2) is 0 Å². The fourth-order valence-corrected chi connectivity index (χ4v) is 2.72. The second kappa shape index (κ2) is 18.8. The number of rotatable bonds is 0. The molecule has 9 heteroatoms. The van der Waals surface area contributed by atoms with Crippen molar-refractivity contribution < 1.29 is 39.6 Å². The average Bonchev–Trinajstić information content (AvgIpc) is 2.68. The number of hydrogen-bond acceptors (Lipinski definition) is 6. The van der Waals surface area contributed by atoms with Gasteiger partial charge in [-0.2, -0.15) is 0 Å². The fourth-order valence-electron chi connectivity index (χ4n) is 2.72. The molecule has 2 rings (SSSR count). The molecule has 2 saturated heterocycles. The first kappa shape index (κ1) is 32.4. The summed E-state index contributed by atoms with van der Waals surface area (Å²) >= 11 is 0. The maximum absolute atomic E-state index is 2.40. The van der Waals surface area contributed by atoms with Crippen LogP contribution in [0.4, 0.5) is 0 Å². The van der Waals surface area contributed by atoms with Crippen LogP contribution < -0.4 is 0 Å². The molecule has 0 aromatic heterocycles. The smallest absolute Gasteiger partial charge is 0.0107 e. The monoisotopic (exact) mass is 470 g/mol. The second-order valence-corrected chi connectivity index (χ2v) is 7.82. The van der Waals surface area contributed by atoms with E-state index in [0.717, 1.165) is 0 Å². The van der Waals surface area contributed by atoms with Crippen molar-refractivity contribution in [2.75, 3.05) is 121 Å². The van der Waals surface area contributed by atoms with E-state index >= 15 is 0 Å². The summed E-state index contributed by atoms with van der Waals surface area (Å²) < 4.78 is 0. The van der Waals surface area contributed by atoms with Crippen LogP contribution in [-0.4, -0.2) is 156 Å². The Morgan fingerprint density at radius 2 is 0.370 bits per heavy atom. The van der Waals surface area contributed by atoms with E-state index in [0.29, 0.717) is 0 Å². The Kier molecular flexibility index (Phi) is 22.5. The van der Waals surface area contributed by atoms with E-state index < -0.39 is 0 Å². The van der Waals surface area contributed by atoms with Gasteiger partial charge < -0.3 is 34.9 Å². The van der Waals surface area contributed by atoms with Gasteiger partial charge in [-0.15, -0.1) is 0 Å². The van der Waals surface area contributed by atoms with E-state index in [9.17, 15) is 0 Å². The van der Waals surface area contributed by atoms with Gasteiger partial charge in [-0.05, 0) is 42.3 Å². The van der Waals surface area contributed by atoms with Crippen LogP contribution >= 0.6 is 0 Å². The van der Waals surface area contributed by atoms with E-state index in [4.69, 9.17) is 0 Å². The van der Waals surface area contributed by atoms with Crippen LogP contribution in [0.2, 0.25) is 0 Å². The zero-order valence-electron chi connectivity index (χ0n) is 18.4. The molecule has 0 bridgehead atoms. The van der Waals surface area contributed by atoms with Crippen LogP contribution in [0.1, 0.15) is 0 Å². The molecule has 0 atom stereocenters. The van der Waals surface area contributed by atoms with Crippen molar-refractivity contribution in [2.45, 2.75) is 0 Å².